The Bertz CT molecular complexity index is 158. The molecule has 1 saturated carbocycles. The molecule has 0 aromatic rings. The Kier molecular flexibility index (Phi) is 4.90. The fourth-order valence-electron chi connectivity index (χ4n) is 2.48. The lowest BCUT2D eigenvalue weighted by molar-refractivity contribution is -0.238. The molecule has 1 fully saturated rings. The van der Waals surface area contributed by atoms with Gasteiger partial charge in [-0.05, 0) is 19.3 Å². The maximum atomic E-state index is 10.2. The lowest BCUT2D eigenvalue weighted by atomic mass is 9.80. The molecule has 0 radical (unpaired) electrons. The summed E-state index contributed by atoms with van der Waals surface area (Å²) in [5.74, 6) is -0.445. The monoisotopic (exact) mass is 200 g/mol. The van der Waals surface area contributed by atoms with E-state index in [-0.39, 0.29) is 0 Å². The molecule has 0 aromatic carbocycles. The molecule has 0 bridgehead atoms. The second kappa shape index (κ2) is 5.72. The summed E-state index contributed by atoms with van der Waals surface area (Å²) in [6.45, 7) is 2.21. The van der Waals surface area contributed by atoms with E-state index in [1.165, 1.54) is 25.7 Å². The highest BCUT2D eigenvalue weighted by Crippen LogP contribution is 2.37. The van der Waals surface area contributed by atoms with Crippen LogP contribution >= 0.6 is 0 Å². The highest BCUT2D eigenvalue weighted by molar-refractivity contribution is 4.82. The summed E-state index contributed by atoms with van der Waals surface area (Å²) < 4.78 is 5.28. The van der Waals surface area contributed by atoms with Crippen molar-refractivity contribution in [2.24, 2.45) is 5.92 Å². The van der Waals surface area contributed by atoms with E-state index in [0.717, 1.165) is 25.7 Å². The number of aliphatic hydroxyl groups is 1. The lowest BCUT2D eigenvalue weighted by Crippen LogP contribution is -2.42. The third-order valence-corrected chi connectivity index (χ3v) is 3.49. The van der Waals surface area contributed by atoms with E-state index in [4.69, 9.17) is 4.74 Å². The fraction of sp³-hybridized carbons (Fsp3) is 1.00. The fourth-order valence-corrected chi connectivity index (χ4v) is 2.48. The van der Waals surface area contributed by atoms with Gasteiger partial charge in [-0.2, -0.15) is 0 Å². The van der Waals surface area contributed by atoms with Crippen LogP contribution in [0.25, 0.3) is 0 Å². The van der Waals surface area contributed by atoms with Gasteiger partial charge in [0.2, 0.25) is 0 Å². The first-order valence-electron chi connectivity index (χ1n) is 6.00. The largest absolute Gasteiger partial charge is 0.365 e. The lowest BCUT2D eigenvalue weighted by Gasteiger charge is -2.38. The van der Waals surface area contributed by atoms with Gasteiger partial charge in [0.1, 0.15) is 0 Å². The van der Waals surface area contributed by atoms with E-state index in [1.807, 2.05) is 0 Å². The van der Waals surface area contributed by atoms with Gasteiger partial charge in [0, 0.05) is 19.4 Å². The van der Waals surface area contributed by atoms with Crippen molar-refractivity contribution in [2.75, 3.05) is 7.11 Å². The SMILES string of the molecule is CCCCCC1CCCCC1(O)OC. The van der Waals surface area contributed by atoms with Crippen molar-refractivity contribution in [2.45, 2.75) is 64.1 Å². The van der Waals surface area contributed by atoms with Crippen LogP contribution in [0.5, 0.6) is 0 Å². The first-order chi connectivity index (χ1) is 6.73. The molecule has 0 spiro atoms. The van der Waals surface area contributed by atoms with Crippen LogP contribution in [0.1, 0.15) is 58.3 Å². The van der Waals surface area contributed by atoms with Crippen LogP contribution in [-0.2, 0) is 4.74 Å². The van der Waals surface area contributed by atoms with E-state index in [0.29, 0.717) is 5.92 Å². The minimum Gasteiger partial charge on any atom is -0.365 e. The molecule has 2 unspecified atom stereocenters. The van der Waals surface area contributed by atoms with Crippen molar-refractivity contribution >= 4 is 0 Å². The van der Waals surface area contributed by atoms with Crippen LogP contribution in [-0.4, -0.2) is 18.0 Å². The number of hydrogen-bond donors (Lipinski definition) is 1. The summed E-state index contributed by atoms with van der Waals surface area (Å²) in [6.07, 6.45) is 9.19. The average molecular weight is 200 g/mol. The Hall–Kier alpha value is -0.0800. The summed E-state index contributed by atoms with van der Waals surface area (Å²) in [4.78, 5) is 0. The molecular formula is C12H24O2. The van der Waals surface area contributed by atoms with E-state index in [2.05, 4.69) is 6.92 Å². The molecule has 2 nitrogen and oxygen atoms in total. The van der Waals surface area contributed by atoms with Gasteiger partial charge in [-0.3, -0.25) is 0 Å². The molecule has 2 heteroatoms. The third kappa shape index (κ3) is 2.96. The zero-order valence-corrected chi connectivity index (χ0v) is 9.59. The molecule has 1 aliphatic carbocycles. The Labute approximate surface area is 87.7 Å². The third-order valence-electron chi connectivity index (χ3n) is 3.49. The second-order valence-corrected chi connectivity index (χ2v) is 4.49. The van der Waals surface area contributed by atoms with Crippen molar-refractivity contribution in [3.63, 3.8) is 0 Å². The van der Waals surface area contributed by atoms with Crippen molar-refractivity contribution < 1.29 is 9.84 Å². The van der Waals surface area contributed by atoms with Crippen LogP contribution in [0.15, 0.2) is 0 Å². The molecule has 1 N–H and O–H groups in total. The predicted octanol–water partition coefficient (Wildman–Crippen LogP) is 3.09. The second-order valence-electron chi connectivity index (χ2n) is 4.49. The molecule has 1 aliphatic rings. The number of methoxy groups -OCH3 is 1. The molecule has 84 valence electrons. The molecule has 0 aliphatic heterocycles. The van der Waals surface area contributed by atoms with Gasteiger partial charge in [-0.1, -0.05) is 32.6 Å². The van der Waals surface area contributed by atoms with Gasteiger partial charge in [0.25, 0.3) is 0 Å². The quantitative estimate of drug-likeness (QED) is 0.546. The van der Waals surface area contributed by atoms with Gasteiger partial charge in [0.05, 0.1) is 0 Å². The van der Waals surface area contributed by atoms with Crippen molar-refractivity contribution in [3.05, 3.63) is 0 Å². The van der Waals surface area contributed by atoms with Crippen LogP contribution in [0, 0.1) is 5.92 Å². The molecule has 2 atom stereocenters. The Morgan fingerprint density at radius 1 is 1.36 bits per heavy atom. The highest BCUT2D eigenvalue weighted by Gasteiger charge is 2.38. The van der Waals surface area contributed by atoms with E-state index < -0.39 is 5.79 Å². The first kappa shape index (κ1) is 12.0. The van der Waals surface area contributed by atoms with E-state index in [1.54, 1.807) is 7.11 Å². The van der Waals surface area contributed by atoms with Gasteiger partial charge >= 0.3 is 0 Å². The number of rotatable bonds is 5. The summed E-state index contributed by atoms with van der Waals surface area (Å²) in [5, 5.41) is 10.2. The standard InChI is InChI=1S/C12H24O2/c1-3-4-5-8-11-9-6-7-10-12(11,13)14-2/h11,13H,3-10H2,1-2H3. The van der Waals surface area contributed by atoms with Crippen molar-refractivity contribution in [1.82, 2.24) is 0 Å². The first-order valence-corrected chi connectivity index (χ1v) is 6.00. The topological polar surface area (TPSA) is 29.5 Å². The molecular weight excluding hydrogens is 176 g/mol. The summed E-state index contributed by atoms with van der Waals surface area (Å²) in [7, 11) is 1.64. The Balaban J connectivity index is 2.38. The number of ether oxygens (including phenoxy) is 1. The summed E-state index contributed by atoms with van der Waals surface area (Å²) >= 11 is 0. The van der Waals surface area contributed by atoms with Crippen LogP contribution < -0.4 is 0 Å². The molecule has 0 saturated heterocycles. The highest BCUT2D eigenvalue weighted by atomic mass is 16.6. The molecule has 14 heavy (non-hydrogen) atoms. The van der Waals surface area contributed by atoms with Crippen LogP contribution in [0.2, 0.25) is 0 Å². The van der Waals surface area contributed by atoms with Crippen LogP contribution in [0.3, 0.4) is 0 Å². The van der Waals surface area contributed by atoms with Gasteiger partial charge in [0.15, 0.2) is 5.79 Å². The van der Waals surface area contributed by atoms with Gasteiger partial charge in [-0.15, -0.1) is 0 Å². The number of unbranched alkanes of at least 4 members (excludes halogenated alkanes) is 2. The average Bonchev–Trinajstić information content (AvgIpc) is 2.21. The molecule has 0 heterocycles. The van der Waals surface area contributed by atoms with Crippen molar-refractivity contribution in [3.8, 4) is 0 Å². The smallest absolute Gasteiger partial charge is 0.167 e. The maximum Gasteiger partial charge on any atom is 0.167 e. The zero-order valence-electron chi connectivity index (χ0n) is 9.59. The minimum atomic E-state index is -0.814. The van der Waals surface area contributed by atoms with E-state index in [9.17, 15) is 5.11 Å². The molecule has 0 amide bonds. The zero-order chi connectivity index (χ0) is 10.4. The van der Waals surface area contributed by atoms with Gasteiger partial charge in [-0.25, -0.2) is 0 Å². The van der Waals surface area contributed by atoms with Crippen molar-refractivity contribution in [1.29, 1.82) is 0 Å². The summed E-state index contributed by atoms with van der Waals surface area (Å²) in [6, 6.07) is 0. The summed E-state index contributed by atoms with van der Waals surface area (Å²) in [5.41, 5.74) is 0. The number of hydrogen-bond acceptors (Lipinski definition) is 2. The van der Waals surface area contributed by atoms with Crippen LogP contribution in [0.4, 0.5) is 0 Å². The molecule has 1 rings (SSSR count). The maximum absolute atomic E-state index is 10.2. The van der Waals surface area contributed by atoms with Gasteiger partial charge < -0.3 is 9.84 Å². The Morgan fingerprint density at radius 2 is 2.14 bits per heavy atom. The Morgan fingerprint density at radius 3 is 2.79 bits per heavy atom. The minimum absolute atomic E-state index is 0.368. The normalized spacial score (nSPS) is 33.2. The molecule has 0 aromatic heterocycles. The predicted molar refractivity (Wildman–Crippen MR) is 58.1 cm³/mol. The van der Waals surface area contributed by atoms with E-state index >= 15 is 0 Å².